The van der Waals surface area contributed by atoms with Crippen LogP contribution in [0.1, 0.15) is 30.1 Å². The van der Waals surface area contributed by atoms with E-state index in [1.807, 2.05) is 37.2 Å². The summed E-state index contributed by atoms with van der Waals surface area (Å²) in [5.41, 5.74) is 7.09. The molecule has 0 unspecified atom stereocenters. The molecule has 1 aliphatic rings. The summed E-state index contributed by atoms with van der Waals surface area (Å²) in [6.45, 7) is 3.69. The highest BCUT2D eigenvalue weighted by molar-refractivity contribution is 6.34. The fourth-order valence-corrected chi connectivity index (χ4v) is 5.44. The van der Waals surface area contributed by atoms with Crippen LogP contribution in [0.3, 0.4) is 0 Å². The Morgan fingerprint density at radius 1 is 1.19 bits per heavy atom. The standard InChI is InChI=1S/C31H35ClN6O5/c1-4-41-31(40)23-18-38(20-9-10-28(35-17-20)36(2)3)25-16-26(24(32)15-22(25)29(23)39)37-13-6-7-21(37)19-43-30-27(42-14-11-33)8-5-12-34-30/h5,8-10,12,15-18,21H,4,6-7,11,13-14,19,33H2,1-3H3/t21-/m1/s1. The first-order chi connectivity index (χ1) is 20.8. The normalized spacial score (nSPS) is 14.6. The predicted molar refractivity (Wildman–Crippen MR) is 167 cm³/mol. The van der Waals surface area contributed by atoms with Gasteiger partial charge < -0.3 is 34.3 Å². The largest absolute Gasteiger partial charge is 0.487 e. The van der Waals surface area contributed by atoms with Gasteiger partial charge >= 0.3 is 5.97 Å². The number of halogens is 1. The van der Waals surface area contributed by atoms with Gasteiger partial charge in [0.05, 0.1) is 40.8 Å². The molecule has 0 saturated carbocycles. The van der Waals surface area contributed by atoms with Gasteiger partial charge in [-0.25, -0.2) is 14.8 Å². The summed E-state index contributed by atoms with van der Waals surface area (Å²) >= 11 is 6.86. The third kappa shape index (κ3) is 6.37. The summed E-state index contributed by atoms with van der Waals surface area (Å²) in [5, 5.41) is 0.702. The number of pyridine rings is 3. The lowest BCUT2D eigenvalue weighted by Gasteiger charge is -2.28. The molecule has 0 radical (unpaired) electrons. The first-order valence-corrected chi connectivity index (χ1v) is 14.6. The zero-order valence-electron chi connectivity index (χ0n) is 24.5. The number of nitrogens with zero attached hydrogens (tertiary/aromatic N) is 5. The minimum Gasteiger partial charge on any atom is -0.487 e. The maximum atomic E-state index is 13.5. The minimum absolute atomic E-state index is 0.000617. The van der Waals surface area contributed by atoms with Crippen molar-refractivity contribution in [3.8, 4) is 17.3 Å². The molecule has 0 spiro atoms. The molecular weight excluding hydrogens is 572 g/mol. The Bertz CT molecular complexity index is 1660. The lowest BCUT2D eigenvalue weighted by atomic mass is 10.1. The quantitative estimate of drug-likeness (QED) is 0.250. The third-order valence-electron chi connectivity index (χ3n) is 7.25. The van der Waals surface area contributed by atoms with Crippen LogP contribution in [-0.4, -0.2) is 73.6 Å². The van der Waals surface area contributed by atoms with Gasteiger partial charge in [-0.1, -0.05) is 11.6 Å². The second-order valence-corrected chi connectivity index (χ2v) is 10.7. The zero-order valence-corrected chi connectivity index (χ0v) is 25.2. The van der Waals surface area contributed by atoms with Crippen molar-refractivity contribution >= 4 is 40.0 Å². The molecule has 1 fully saturated rings. The molecule has 4 heterocycles. The van der Waals surface area contributed by atoms with E-state index in [1.54, 1.807) is 42.1 Å². The second kappa shape index (κ2) is 13.3. The number of carbonyl (C=O) groups is 1. The molecule has 4 aromatic rings. The number of aromatic nitrogens is 3. The summed E-state index contributed by atoms with van der Waals surface area (Å²) in [6.07, 6.45) is 6.69. The van der Waals surface area contributed by atoms with Gasteiger partial charge in [-0.3, -0.25) is 4.79 Å². The number of esters is 1. The van der Waals surface area contributed by atoms with E-state index in [4.69, 9.17) is 31.5 Å². The summed E-state index contributed by atoms with van der Waals surface area (Å²) in [7, 11) is 3.81. The Morgan fingerprint density at radius 2 is 2.02 bits per heavy atom. The number of hydrogen-bond acceptors (Lipinski definition) is 10. The lowest BCUT2D eigenvalue weighted by molar-refractivity contribution is 0.0524. The van der Waals surface area contributed by atoms with Crippen LogP contribution < -0.4 is 30.4 Å². The van der Waals surface area contributed by atoms with Crippen molar-refractivity contribution < 1.29 is 19.0 Å². The van der Waals surface area contributed by atoms with Gasteiger partial charge in [0.15, 0.2) is 5.75 Å². The molecule has 1 aromatic carbocycles. The molecular formula is C31H35ClN6O5. The monoisotopic (exact) mass is 606 g/mol. The van der Waals surface area contributed by atoms with Gasteiger partial charge in [0.25, 0.3) is 5.88 Å². The molecule has 3 aromatic heterocycles. The Morgan fingerprint density at radius 3 is 2.74 bits per heavy atom. The van der Waals surface area contributed by atoms with E-state index in [9.17, 15) is 9.59 Å². The lowest BCUT2D eigenvalue weighted by Crippen LogP contribution is -2.34. The van der Waals surface area contributed by atoms with Gasteiger partial charge in [-0.05, 0) is 56.2 Å². The van der Waals surface area contributed by atoms with Crippen molar-refractivity contribution in [2.24, 2.45) is 5.73 Å². The predicted octanol–water partition coefficient (Wildman–Crippen LogP) is 4.06. The molecule has 1 atom stereocenters. The smallest absolute Gasteiger partial charge is 0.343 e. The van der Waals surface area contributed by atoms with Crippen LogP contribution in [0, 0.1) is 0 Å². The molecule has 11 nitrogen and oxygen atoms in total. The van der Waals surface area contributed by atoms with Gasteiger partial charge in [0, 0.05) is 45.0 Å². The van der Waals surface area contributed by atoms with Crippen molar-refractivity contribution in [3.05, 3.63) is 75.8 Å². The van der Waals surface area contributed by atoms with Crippen molar-refractivity contribution in [2.45, 2.75) is 25.8 Å². The van der Waals surface area contributed by atoms with Crippen LogP contribution in [-0.2, 0) is 4.74 Å². The second-order valence-electron chi connectivity index (χ2n) is 10.3. The molecule has 12 heteroatoms. The highest BCUT2D eigenvalue weighted by Gasteiger charge is 2.29. The third-order valence-corrected chi connectivity index (χ3v) is 7.55. The Kier molecular flexibility index (Phi) is 9.32. The maximum absolute atomic E-state index is 13.5. The van der Waals surface area contributed by atoms with Crippen LogP contribution >= 0.6 is 11.6 Å². The average Bonchev–Trinajstić information content (AvgIpc) is 3.48. The van der Waals surface area contributed by atoms with Gasteiger partial charge in [0.1, 0.15) is 24.6 Å². The summed E-state index contributed by atoms with van der Waals surface area (Å²) in [6, 6.07) is 10.9. The van der Waals surface area contributed by atoms with E-state index < -0.39 is 11.4 Å². The molecule has 0 amide bonds. The summed E-state index contributed by atoms with van der Waals surface area (Å²) in [5.74, 6) is 1.02. The summed E-state index contributed by atoms with van der Waals surface area (Å²) < 4.78 is 18.8. The molecule has 2 N–H and O–H groups in total. The molecule has 1 aliphatic heterocycles. The van der Waals surface area contributed by atoms with Gasteiger partial charge in [-0.15, -0.1) is 0 Å². The fourth-order valence-electron chi connectivity index (χ4n) is 5.17. The molecule has 43 heavy (non-hydrogen) atoms. The van der Waals surface area contributed by atoms with Crippen molar-refractivity contribution in [3.63, 3.8) is 0 Å². The van der Waals surface area contributed by atoms with Crippen molar-refractivity contribution in [2.75, 3.05) is 56.8 Å². The van der Waals surface area contributed by atoms with E-state index in [-0.39, 0.29) is 18.2 Å². The van der Waals surface area contributed by atoms with Crippen molar-refractivity contribution in [1.29, 1.82) is 0 Å². The number of nitrogens with two attached hydrogens (primary N) is 1. The maximum Gasteiger partial charge on any atom is 0.343 e. The zero-order chi connectivity index (χ0) is 30.5. The van der Waals surface area contributed by atoms with E-state index in [0.717, 1.165) is 30.9 Å². The van der Waals surface area contributed by atoms with Crippen LogP contribution in [0.5, 0.6) is 11.6 Å². The van der Waals surface area contributed by atoms with E-state index in [1.165, 1.54) is 6.20 Å². The molecule has 0 aliphatic carbocycles. The first-order valence-electron chi connectivity index (χ1n) is 14.2. The van der Waals surface area contributed by atoms with Crippen molar-refractivity contribution in [1.82, 2.24) is 14.5 Å². The Balaban J connectivity index is 1.54. The molecule has 0 bridgehead atoms. The number of hydrogen-bond donors (Lipinski definition) is 1. The number of ether oxygens (including phenoxy) is 3. The van der Waals surface area contributed by atoms with Crippen LogP contribution in [0.25, 0.3) is 16.6 Å². The topological polar surface area (TPSA) is 125 Å². The van der Waals surface area contributed by atoms with Crippen LogP contribution in [0.4, 0.5) is 11.5 Å². The minimum atomic E-state index is -0.692. The van der Waals surface area contributed by atoms with E-state index in [0.29, 0.717) is 53.0 Å². The Hall–Kier alpha value is -4.35. The van der Waals surface area contributed by atoms with Gasteiger partial charge in [-0.2, -0.15) is 0 Å². The highest BCUT2D eigenvalue weighted by Crippen LogP contribution is 2.36. The van der Waals surface area contributed by atoms with Crippen LogP contribution in [0.15, 0.2) is 59.8 Å². The fraction of sp³-hybridized carbons (Fsp3) is 0.355. The van der Waals surface area contributed by atoms with Crippen LogP contribution in [0.2, 0.25) is 5.02 Å². The molecule has 1 saturated heterocycles. The Labute approximate surface area is 254 Å². The number of fused-ring (bicyclic) bond motifs is 1. The highest BCUT2D eigenvalue weighted by atomic mass is 35.5. The number of anilines is 2. The van der Waals surface area contributed by atoms with E-state index in [2.05, 4.69) is 14.9 Å². The number of carbonyl (C=O) groups excluding carboxylic acids is 1. The first kappa shape index (κ1) is 30.1. The summed E-state index contributed by atoms with van der Waals surface area (Å²) in [4.78, 5) is 39.3. The SMILES string of the molecule is CCOC(=O)c1cn(-c2ccc(N(C)C)nc2)c2cc(N3CCC[C@@H]3COc3ncccc3OCCN)c(Cl)cc2c1=O. The molecule has 226 valence electrons. The van der Waals surface area contributed by atoms with Gasteiger partial charge in [0.2, 0.25) is 5.43 Å². The number of rotatable bonds is 11. The van der Waals surface area contributed by atoms with E-state index >= 15 is 0 Å². The number of benzene rings is 1. The molecule has 5 rings (SSSR count). The average molecular weight is 607 g/mol.